The van der Waals surface area contributed by atoms with Crippen LogP contribution in [0.1, 0.15) is 66.7 Å². The smallest absolute Gasteiger partial charge is 0.416 e. The average Bonchev–Trinajstić information content (AvgIpc) is 3.74. The Bertz CT molecular complexity index is 1760. The van der Waals surface area contributed by atoms with Gasteiger partial charge in [0.05, 0.1) is 23.0 Å². The highest BCUT2D eigenvalue weighted by atomic mass is 32.1. The van der Waals surface area contributed by atoms with Crippen LogP contribution < -0.4 is 10.5 Å². The average molecular weight is 643 g/mol. The fourth-order valence-electron chi connectivity index (χ4n) is 6.01. The van der Waals surface area contributed by atoms with E-state index in [1.807, 2.05) is 31.7 Å². The second kappa shape index (κ2) is 11.3. The second-order valence-corrected chi connectivity index (χ2v) is 13.4. The lowest BCUT2D eigenvalue weighted by Crippen LogP contribution is -2.49. The number of piperazine rings is 1. The van der Waals surface area contributed by atoms with Crippen LogP contribution in [0.4, 0.5) is 18.0 Å². The van der Waals surface area contributed by atoms with Gasteiger partial charge >= 0.3 is 12.3 Å². The molecule has 4 aromatic rings. The lowest BCUT2D eigenvalue weighted by atomic mass is 10.0. The van der Waals surface area contributed by atoms with Crippen molar-refractivity contribution in [3.8, 4) is 10.8 Å². The Balaban J connectivity index is 1.22. The second-order valence-electron chi connectivity index (χ2n) is 12.4. The number of thiophene rings is 1. The van der Waals surface area contributed by atoms with E-state index in [4.69, 9.17) is 15.2 Å². The van der Waals surface area contributed by atoms with Crippen molar-refractivity contribution in [1.82, 2.24) is 24.3 Å². The molecule has 2 N–H and O–H groups in total. The zero-order valence-electron chi connectivity index (χ0n) is 25.2. The fourth-order valence-corrected chi connectivity index (χ4v) is 6.94. The van der Waals surface area contributed by atoms with Crippen LogP contribution in [0.25, 0.3) is 16.0 Å². The molecule has 5 heterocycles. The number of pyridine rings is 1. The number of rotatable bonds is 7. The summed E-state index contributed by atoms with van der Waals surface area (Å²) < 4.78 is 54.2. The molecule has 0 aliphatic carbocycles. The summed E-state index contributed by atoms with van der Waals surface area (Å²) in [5.74, 6) is -0.667. The lowest BCUT2D eigenvalue weighted by molar-refractivity contribution is -0.139. The van der Waals surface area contributed by atoms with E-state index in [2.05, 4.69) is 14.9 Å². The molecular formula is C31H33F3N6O4S. The molecule has 3 atom stereocenters. The number of hydrogen-bond acceptors (Lipinski definition) is 8. The third kappa shape index (κ3) is 6.21. The molecule has 2 bridgehead atoms. The maximum absolute atomic E-state index is 13.6. The Morgan fingerprint density at radius 2 is 1.87 bits per heavy atom. The number of aromatic nitrogens is 3. The number of hydrogen-bond donors (Lipinski definition) is 1. The van der Waals surface area contributed by atoms with E-state index in [9.17, 15) is 22.8 Å². The number of nitrogens with two attached hydrogens (primary N) is 1. The molecule has 3 aromatic heterocycles. The summed E-state index contributed by atoms with van der Waals surface area (Å²) in [4.78, 5) is 38.3. The van der Waals surface area contributed by atoms with Gasteiger partial charge in [0.25, 0.3) is 5.91 Å². The summed E-state index contributed by atoms with van der Waals surface area (Å²) >= 11 is 1.06. The molecule has 45 heavy (non-hydrogen) atoms. The largest absolute Gasteiger partial charge is 0.484 e. The first kappa shape index (κ1) is 30.8. The molecule has 1 aromatic carbocycles. The molecule has 0 unspecified atom stereocenters. The summed E-state index contributed by atoms with van der Waals surface area (Å²) in [6.45, 7) is 8.95. The molecule has 14 heteroatoms. The third-order valence-corrected chi connectivity index (χ3v) is 9.12. The van der Waals surface area contributed by atoms with Crippen LogP contribution in [-0.2, 0) is 17.5 Å². The van der Waals surface area contributed by atoms with Crippen molar-refractivity contribution in [1.29, 1.82) is 0 Å². The summed E-state index contributed by atoms with van der Waals surface area (Å²) in [7, 11) is 0. The van der Waals surface area contributed by atoms with Crippen molar-refractivity contribution in [2.24, 2.45) is 5.73 Å². The SMILES string of the molecule is C[C@@H](Oc1cc(-n2cnc3cnc(CN4C[C@@H]5C[C@H]4CN5C(=O)OC(C)(C)C)cc32)sc1C(N)=O)c1ccccc1C(F)(F)F. The van der Waals surface area contributed by atoms with Crippen LogP contribution in [0, 0.1) is 0 Å². The van der Waals surface area contributed by atoms with Gasteiger partial charge in [0.15, 0.2) is 0 Å². The maximum Gasteiger partial charge on any atom is 0.416 e. The van der Waals surface area contributed by atoms with Gasteiger partial charge in [0.2, 0.25) is 0 Å². The summed E-state index contributed by atoms with van der Waals surface area (Å²) in [6.07, 6.45) is -1.71. The molecule has 6 rings (SSSR count). The highest BCUT2D eigenvalue weighted by molar-refractivity contribution is 7.16. The van der Waals surface area contributed by atoms with Gasteiger partial charge in [-0.1, -0.05) is 18.2 Å². The topological polar surface area (TPSA) is 116 Å². The Hall–Kier alpha value is -4.17. The number of halogens is 3. The minimum atomic E-state index is -4.56. The van der Waals surface area contributed by atoms with E-state index in [-0.39, 0.29) is 34.4 Å². The molecule has 0 spiro atoms. The summed E-state index contributed by atoms with van der Waals surface area (Å²) in [5, 5.41) is 0.558. The van der Waals surface area contributed by atoms with E-state index in [0.717, 1.165) is 35.0 Å². The van der Waals surface area contributed by atoms with Gasteiger partial charge in [0.1, 0.15) is 39.2 Å². The van der Waals surface area contributed by atoms with Crippen molar-refractivity contribution in [3.63, 3.8) is 0 Å². The van der Waals surface area contributed by atoms with Crippen LogP contribution >= 0.6 is 11.3 Å². The Morgan fingerprint density at radius 1 is 1.11 bits per heavy atom. The summed E-state index contributed by atoms with van der Waals surface area (Å²) in [5.41, 5.74) is 6.41. The van der Waals surface area contributed by atoms with Gasteiger partial charge < -0.3 is 20.1 Å². The lowest BCUT2D eigenvalue weighted by Gasteiger charge is -2.35. The van der Waals surface area contributed by atoms with Gasteiger partial charge in [-0.2, -0.15) is 13.2 Å². The minimum Gasteiger partial charge on any atom is -0.484 e. The number of fused-ring (bicyclic) bond motifs is 3. The van der Waals surface area contributed by atoms with Gasteiger partial charge in [-0.25, -0.2) is 9.78 Å². The molecule has 2 saturated heterocycles. The third-order valence-electron chi connectivity index (χ3n) is 7.99. The number of carbonyl (C=O) groups excluding carboxylic acids is 2. The van der Waals surface area contributed by atoms with Crippen molar-refractivity contribution in [2.75, 3.05) is 13.1 Å². The Kier molecular flexibility index (Phi) is 7.76. The Labute approximate surface area is 261 Å². The molecule has 0 radical (unpaired) electrons. The number of amides is 2. The number of likely N-dealkylation sites (tertiary alicyclic amines) is 2. The number of primary amides is 1. The van der Waals surface area contributed by atoms with Gasteiger partial charge in [-0.05, 0) is 46.2 Å². The Morgan fingerprint density at radius 3 is 2.53 bits per heavy atom. The van der Waals surface area contributed by atoms with Crippen LogP contribution in [0.3, 0.4) is 0 Å². The van der Waals surface area contributed by atoms with E-state index in [1.54, 1.807) is 23.2 Å². The predicted octanol–water partition coefficient (Wildman–Crippen LogP) is 5.93. The molecule has 2 aliphatic heterocycles. The number of imidazole rings is 1. The normalized spacial score (nSPS) is 19.3. The zero-order valence-corrected chi connectivity index (χ0v) is 26.0. The van der Waals surface area contributed by atoms with Crippen LogP contribution in [0.5, 0.6) is 5.75 Å². The number of carbonyl (C=O) groups is 2. The number of benzene rings is 1. The predicted molar refractivity (Wildman–Crippen MR) is 161 cm³/mol. The molecular weight excluding hydrogens is 609 g/mol. The molecule has 2 aliphatic rings. The highest BCUT2D eigenvalue weighted by Gasteiger charge is 2.46. The molecule has 2 fully saturated rings. The van der Waals surface area contributed by atoms with Crippen molar-refractivity contribution in [3.05, 3.63) is 70.6 Å². The minimum absolute atomic E-state index is 0.0539. The molecule has 238 valence electrons. The molecule has 0 saturated carbocycles. The highest BCUT2D eigenvalue weighted by Crippen LogP contribution is 2.39. The van der Waals surface area contributed by atoms with Crippen molar-refractivity contribution in [2.45, 2.75) is 70.6 Å². The van der Waals surface area contributed by atoms with E-state index >= 15 is 0 Å². The first-order chi connectivity index (χ1) is 21.2. The van der Waals surface area contributed by atoms with Crippen molar-refractivity contribution < 1.29 is 32.2 Å². The monoisotopic (exact) mass is 642 g/mol. The van der Waals surface area contributed by atoms with Crippen LogP contribution in [-0.4, -0.2) is 67.1 Å². The molecule has 2 amide bonds. The van der Waals surface area contributed by atoms with Crippen LogP contribution in [0.2, 0.25) is 0 Å². The van der Waals surface area contributed by atoms with Gasteiger partial charge in [-0.15, -0.1) is 11.3 Å². The summed E-state index contributed by atoms with van der Waals surface area (Å²) in [6, 6.07) is 8.96. The first-order valence-electron chi connectivity index (χ1n) is 14.5. The van der Waals surface area contributed by atoms with Gasteiger partial charge in [0, 0.05) is 43.3 Å². The maximum atomic E-state index is 13.6. The molecule has 10 nitrogen and oxygen atoms in total. The van der Waals surface area contributed by atoms with E-state index in [1.165, 1.54) is 25.1 Å². The van der Waals surface area contributed by atoms with Gasteiger partial charge in [-0.3, -0.25) is 19.2 Å². The number of ether oxygens (including phenoxy) is 2. The van der Waals surface area contributed by atoms with E-state index < -0.39 is 29.4 Å². The van der Waals surface area contributed by atoms with E-state index in [0.29, 0.717) is 30.2 Å². The number of alkyl halides is 3. The standard InChI is InChI=1S/C31H33F3N6O4S/c1-17(21-7-5-6-8-22(21)31(32,33)34)43-25-11-26(45-27(25)28(35)41)40-16-37-23-12-36-18(9-24(23)40)13-38-14-20-10-19(38)15-39(20)29(42)44-30(2,3)4/h5-9,11-12,16-17,19-20H,10,13-15H2,1-4H3,(H2,35,41)/t17-,19+,20+/m1/s1. The fraction of sp³-hybridized carbons (Fsp3) is 0.419. The number of nitrogens with zero attached hydrogens (tertiary/aromatic N) is 5. The first-order valence-corrected chi connectivity index (χ1v) is 15.3. The van der Waals surface area contributed by atoms with Crippen molar-refractivity contribution >= 4 is 34.4 Å². The van der Waals surface area contributed by atoms with Crippen LogP contribution in [0.15, 0.2) is 48.9 Å². The zero-order chi connectivity index (χ0) is 32.3. The quantitative estimate of drug-likeness (QED) is 0.266.